The minimum Gasteiger partial charge on any atom is -0.430 e. The van der Waals surface area contributed by atoms with Gasteiger partial charge in [-0.15, -0.1) is 6.42 Å². The van der Waals surface area contributed by atoms with Crippen molar-refractivity contribution in [3.8, 4) is 12.3 Å². The van der Waals surface area contributed by atoms with Gasteiger partial charge in [0, 0.05) is 11.1 Å². The van der Waals surface area contributed by atoms with Gasteiger partial charge in [-0.05, 0) is 18.1 Å². The second-order valence-electron chi connectivity index (χ2n) is 2.28. The first kappa shape index (κ1) is 7.20. The van der Waals surface area contributed by atoms with E-state index in [0.717, 1.165) is 5.52 Å². The molecule has 0 aliphatic carbocycles. The fourth-order valence-corrected chi connectivity index (χ4v) is 1.12. The van der Waals surface area contributed by atoms with E-state index in [9.17, 15) is 0 Å². The van der Waals surface area contributed by atoms with Gasteiger partial charge in [-0.25, -0.2) is 4.98 Å². The van der Waals surface area contributed by atoms with Gasteiger partial charge in [-0.1, -0.05) is 11.6 Å². The number of halogens is 1. The molecule has 0 saturated heterocycles. The lowest BCUT2D eigenvalue weighted by Gasteiger charge is -1.85. The van der Waals surface area contributed by atoms with Crippen molar-refractivity contribution in [2.24, 2.45) is 0 Å². The van der Waals surface area contributed by atoms with E-state index in [1.165, 1.54) is 0 Å². The van der Waals surface area contributed by atoms with E-state index in [4.69, 9.17) is 22.4 Å². The number of nitrogens with zero attached hydrogens (tertiary/aromatic N) is 1. The summed E-state index contributed by atoms with van der Waals surface area (Å²) in [5.41, 5.74) is 1.35. The Bertz CT molecular complexity index is 467. The number of benzene rings is 1. The Morgan fingerprint density at radius 2 is 2.33 bits per heavy atom. The van der Waals surface area contributed by atoms with Crippen LogP contribution in [0.1, 0.15) is 5.89 Å². The number of rotatable bonds is 0. The molecule has 2 aromatic rings. The van der Waals surface area contributed by atoms with Crippen molar-refractivity contribution in [2.45, 2.75) is 0 Å². The molecule has 2 nitrogen and oxygen atoms in total. The number of oxazole rings is 1. The van der Waals surface area contributed by atoms with Gasteiger partial charge in [0.05, 0.1) is 0 Å². The predicted molar refractivity (Wildman–Crippen MR) is 47.0 cm³/mol. The van der Waals surface area contributed by atoms with E-state index >= 15 is 0 Å². The first-order valence-electron chi connectivity index (χ1n) is 3.32. The van der Waals surface area contributed by atoms with E-state index in [1.54, 1.807) is 18.2 Å². The molecule has 0 N–H and O–H groups in total. The van der Waals surface area contributed by atoms with Crippen LogP contribution < -0.4 is 0 Å². The van der Waals surface area contributed by atoms with Crippen LogP contribution in [-0.2, 0) is 0 Å². The Morgan fingerprint density at radius 1 is 1.50 bits per heavy atom. The maximum Gasteiger partial charge on any atom is 0.274 e. The molecule has 0 fully saturated rings. The third-order valence-electron chi connectivity index (χ3n) is 1.47. The van der Waals surface area contributed by atoms with Crippen molar-refractivity contribution in [3.63, 3.8) is 0 Å². The highest BCUT2D eigenvalue weighted by Gasteiger charge is 2.02. The minimum atomic E-state index is 0.285. The van der Waals surface area contributed by atoms with Crippen LogP contribution in [0.25, 0.3) is 11.1 Å². The van der Waals surface area contributed by atoms with E-state index in [0.29, 0.717) is 10.6 Å². The predicted octanol–water partition coefficient (Wildman–Crippen LogP) is 2.46. The van der Waals surface area contributed by atoms with Gasteiger partial charge in [0.25, 0.3) is 5.89 Å². The molecule has 0 saturated carbocycles. The lowest BCUT2D eigenvalue weighted by atomic mass is 10.3. The van der Waals surface area contributed by atoms with E-state index in [-0.39, 0.29) is 5.89 Å². The molecule has 0 aliphatic heterocycles. The Kier molecular flexibility index (Phi) is 1.53. The average Bonchev–Trinajstić information content (AvgIpc) is 2.46. The van der Waals surface area contributed by atoms with E-state index < -0.39 is 0 Å². The van der Waals surface area contributed by atoms with Crippen molar-refractivity contribution in [1.29, 1.82) is 0 Å². The highest BCUT2D eigenvalue weighted by molar-refractivity contribution is 6.31. The Morgan fingerprint density at radius 3 is 3.08 bits per heavy atom. The Labute approximate surface area is 74.2 Å². The van der Waals surface area contributed by atoms with Crippen LogP contribution in [0.3, 0.4) is 0 Å². The normalized spacial score (nSPS) is 10.0. The molecule has 2 rings (SSSR count). The van der Waals surface area contributed by atoms with Gasteiger partial charge < -0.3 is 4.42 Å². The molecule has 0 bridgehead atoms. The first-order valence-corrected chi connectivity index (χ1v) is 3.70. The molecule has 0 amide bonds. The highest BCUT2D eigenvalue weighted by atomic mass is 35.5. The Hall–Kier alpha value is -1.46. The molecular weight excluding hydrogens is 174 g/mol. The number of hydrogen-bond acceptors (Lipinski definition) is 2. The van der Waals surface area contributed by atoms with Gasteiger partial charge >= 0.3 is 0 Å². The Balaban J connectivity index is 2.77. The van der Waals surface area contributed by atoms with Gasteiger partial charge in [0.1, 0.15) is 5.52 Å². The van der Waals surface area contributed by atoms with Crippen molar-refractivity contribution in [3.05, 3.63) is 29.1 Å². The molecule has 1 aromatic carbocycles. The topological polar surface area (TPSA) is 26.0 Å². The third-order valence-corrected chi connectivity index (χ3v) is 1.71. The summed E-state index contributed by atoms with van der Waals surface area (Å²) in [6.07, 6.45) is 5.11. The molecular formula is C9H4ClNO. The van der Waals surface area contributed by atoms with Gasteiger partial charge in [-0.2, -0.15) is 0 Å². The molecule has 1 heterocycles. The molecule has 3 heteroatoms. The molecule has 0 atom stereocenters. The van der Waals surface area contributed by atoms with Crippen LogP contribution in [0.2, 0.25) is 5.02 Å². The fourth-order valence-electron chi connectivity index (χ4n) is 0.960. The summed E-state index contributed by atoms with van der Waals surface area (Å²) in [5, 5.41) is 0.613. The summed E-state index contributed by atoms with van der Waals surface area (Å²) in [5.74, 6) is 2.60. The molecule has 58 valence electrons. The van der Waals surface area contributed by atoms with E-state index in [2.05, 4.69) is 10.9 Å². The van der Waals surface area contributed by atoms with Crippen LogP contribution in [0.15, 0.2) is 22.6 Å². The number of terminal acetylenes is 1. The largest absolute Gasteiger partial charge is 0.430 e. The highest BCUT2D eigenvalue weighted by Crippen LogP contribution is 2.19. The summed E-state index contributed by atoms with van der Waals surface area (Å²) in [6, 6.07) is 5.19. The lowest BCUT2D eigenvalue weighted by molar-refractivity contribution is 0.586. The van der Waals surface area contributed by atoms with Crippen LogP contribution in [-0.4, -0.2) is 4.98 Å². The summed E-state index contributed by atoms with van der Waals surface area (Å²) in [6.45, 7) is 0. The maximum absolute atomic E-state index is 5.73. The second kappa shape index (κ2) is 2.54. The number of hydrogen-bond donors (Lipinski definition) is 0. The molecule has 1 aromatic heterocycles. The number of fused-ring (bicyclic) bond motifs is 1. The SMILES string of the molecule is C#Cc1nc2ccc(Cl)cc2o1. The van der Waals surface area contributed by atoms with E-state index in [1.807, 2.05) is 0 Å². The van der Waals surface area contributed by atoms with Crippen molar-refractivity contribution in [1.82, 2.24) is 4.98 Å². The summed E-state index contributed by atoms with van der Waals surface area (Å²) in [4.78, 5) is 4.01. The quantitative estimate of drug-likeness (QED) is 0.578. The van der Waals surface area contributed by atoms with Crippen LogP contribution in [0.5, 0.6) is 0 Å². The van der Waals surface area contributed by atoms with Crippen molar-refractivity contribution >= 4 is 22.7 Å². The molecule has 0 radical (unpaired) electrons. The summed E-state index contributed by atoms with van der Waals surface area (Å²) < 4.78 is 5.17. The van der Waals surface area contributed by atoms with Crippen LogP contribution in [0.4, 0.5) is 0 Å². The van der Waals surface area contributed by atoms with Gasteiger partial charge in [-0.3, -0.25) is 0 Å². The van der Waals surface area contributed by atoms with Crippen LogP contribution in [0, 0.1) is 12.3 Å². The summed E-state index contributed by atoms with van der Waals surface area (Å²) in [7, 11) is 0. The summed E-state index contributed by atoms with van der Waals surface area (Å²) >= 11 is 5.73. The van der Waals surface area contributed by atoms with Gasteiger partial charge in [0.2, 0.25) is 0 Å². The third kappa shape index (κ3) is 1.05. The minimum absolute atomic E-state index is 0.285. The smallest absolute Gasteiger partial charge is 0.274 e. The zero-order chi connectivity index (χ0) is 8.55. The second-order valence-corrected chi connectivity index (χ2v) is 2.71. The van der Waals surface area contributed by atoms with Gasteiger partial charge in [0.15, 0.2) is 5.58 Å². The lowest BCUT2D eigenvalue weighted by Crippen LogP contribution is -1.68. The monoisotopic (exact) mass is 177 g/mol. The molecule has 12 heavy (non-hydrogen) atoms. The standard InChI is InChI=1S/C9H4ClNO/c1-2-9-11-7-4-3-6(10)5-8(7)12-9/h1,3-5H. The van der Waals surface area contributed by atoms with Crippen molar-refractivity contribution in [2.75, 3.05) is 0 Å². The maximum atomic E-state index is 5.73. The van der Waals surface area contributed by atoms with Crippen molar-refractivity contribution < 1.29 is 4.42 Å². The first-order chi connectivity index (χ1) is 5.79. The molecule has 0 aliphatic rings. The molecule has 0 spiro atoms. The fraction of sp³-hybridized carbons (Fsp3) is 0. The average molecular weight is 178 g/mol. The molecule has 0 unspecified atom stereocenters. The van der Waals surface area contributed by atoms with Crippen LogP contribution >= 0.6 is 11.6 Å². The zero-order valence-corrected chi connectivity index (χ0v) is 6.80. The number of aromatic nitrogens is 1. The zero-order valence-electron chi connectivity index (χ0n) is 6.04.